The number of H-pyrrole nitrogens is 1. The summed E-state index contributed by atoms with van der Waals surface area (Å²) in [5.41, 5.74) is 3.06. The van der Waals surface area contributed by atoms with Crippen molar-refractivity contribution in [2.24, 2.45) is 0 Å². The molecule has 0 bridgehead atoms. The van der Waals surface area contributed by atoms with Crippen molar-refractivity contribution in [2.75, 3.05) is 13.3 Å². The molecule has 31 heavy (non-hydrogen) atoms. The van der Waals surface area contributed by atoms with Gasteiger partial charge in [0.05, 0.1) is 11.7 Å². The molecule has 6 heteroatoms. The minimum absolute atomic E-state index is 0.119. The van der Waals surface area contributed by atoms with Crippen LogP contribution in [0, 0.1) is 0 Å². The minimum Gasteiger partial charge on any atom is -0.396 e. The number of rotatable bonds is 7. The van der Waals surface area contributed by atoms with Gasteiger partial charge < -0.3 is 19.7 Å². The smallest absolute Gasteiger partial charge is 0.345 e. The second kappa shape index (κ2) is 9.29. The molecule has 0 fully saturated rings. The summed E-state index contributed by atoms with van der Waals surface area (Å²) in [6, 6.07) is 20.2. The molecular weight excluding hydrogens is 390 g/mol. The molecule has 1 aliphatic rings. The first kappa shape index (κ1) is 21.0. The van der Waals surface area contributed by atoms with Crippen molar-refractivity contribution in [3.63, 3.8) is 0 Å². The maximum atomic E-state index is 11.5. The summed E-state index contributed by atoms with van der Waals surface area (Å²) in [4.78, 5) is 20.0. The number of ether oxygens (including phenoxy) is 1. The molecule has 0 amide bonds. The maximum Gasteiger partial charge on any atom is 0.345 e. The lowest BCUT2D eigenvalue weighted by molar-refractivity contribution is -0.0887. The van der Waals surface area contributed by atoms with E-state index in [0.29, 0.717) is 13.2 Å². The first-order valence-electron chi connectivity index (χ1n) is 10.5. The molecule has 1 aromatic heterocycles. The van der Waals surface area contributed by atoms with Gasteiger partial charge in [-0.3, -0.25) is 0 Å². The number of aromatic amines is 1. The summed E-state index contributed by atoms with van der Waals surface area (Å²) in [7, 11) is 0. The largest absolute Gasteiger partial charge is 0.396 e. The quantitative estimate of drug-likeness (QED) is 0.608. The number of benzene rings is 2. The Labute approximate surface area is 181 Å². The molecule has 2 aromatic carbocycles. The Morgan fingerprint density at radius 1 is 1.16 bits per heavy atom. The second-order valence-corrected chi connectivity index (χ2v) is 7.77. The Morgan fingerprint density at radius 2 is 1.94 bits per heavy atom. The topological polar surface area (TPSA) is 78.5 Å². The average molecular weight is 418 g/mol. The molecule has 6 nitrogen and oxygen atoms in total. The number of aromatic nitrogens is 2. The Balaban J connectivity index is 1.52. The summed E-state index contributed by atoms with van der Waals surface area (Å²) in [6.45, 7) is 2.73. The van der Waals surface area contributed by atoms with E-state index in [9.17, 15) is 9.90 Å². The number of nitrogens with one attached hydrogen (secondary N) is 1. The lowest BCUT2D eigenvalue weighted by Crippen LogP contribution is -2.38. The van der Waals surface area contributed by atoms with Crippen LogP contribution in [0.3, 0.4) is 0 Å². The van der Waals surface area contributed by atoms with Gasteiger partial charge in [-0.1, -0.05) is 54.6 Å². The van der Waals surface area contributed by atoms with Gasteiger partial charge >= 0.3 is 5.69 Å². The Morgan fingerprint density at radius 3 is 2.58 bits per heavy atom. The maximum absolute atomic E-state index is 11.5. The van der Waals surface area contributed by atoms with Crippen LogP contribution in [0.1, 0.15) is 36.9 Å². The lowest BCUT2D eigenvalue weighted by Gasteiger charge is -2.40. The van der Waals surface area contributed by atoms with Crippen molar-refractivity contribution < 1.29 is 9.84 Å². The van der Waals surface area contributed by atoms with Crippen LogP contribution < -0.4 is 5.69 Å². The van der Waals surface area contributed by atoms with Crippen LogP contribution in [0.25, 0.3) is 11.3 Å². The monoisotopic (exact) mass is 417 g/mol. The third kappa shape index (κ3) is 4.60. The summed E-state index contributed by atoms with van der Waals surface area (Å²) >= 11 is 0. The predicted octanol–water partition coefficient (Wildman–Crippen LogP) is 3.97. The molecule has 160 valence electrons. The van der Waals surface area contributed by atoms with Gasteiger partial charge in [-0.2, -0.15) is 0 Å². The third-order valence-electron chi connectivity index (χ3n) is 5.85. The number of nitrogens with zero attached hydrogens (tertiary/aromatic N) is 2. The van der Waals surface area contributed by atoms with E-state index < -0.39 is 5.60 Å². The summed E-state index contributed by atoms with van der Waals surface area (Å²) in [5.74, 6) is 0. The summed E-state index contributed by atoms with van der Waals surface area (Å²) < 4.78 is 6.40. The minimum atomic E-state index is -0.517. The van der Waals surface area contributed by atoms with Crippen LogP contribution in [0.4, 0.5) is 0 Å². The molecule has 1 aliphatic heterocycles. The van der Waals surface area contributed by atoms with E-state index in [1.807, 2.05) is 30.3 Å². The highest BCUT2D eigenvalue weighted by atomic mass is 16.5. The van der Waals surface area contributed by atoms with Crippen molar-refractivity contribution in [2.45, 2.75) is 31.4 Å². The van der Waals surface area contributed by atoms with Crippen molar-refractivity contribution in [3.05, 3.63) is 101 Å². The Hall–Kier alpha value is -3.22. The molecule has 0 radical (unpaired) electrons. The fraction of sp³-hybridized carbons (Fsp3) is 0.280. The van der Waals surface area contributed by atoms with Crippen molar-refractivity contribution in [3.8, 4) is 11.3 Å². The predicted molar refractivity (Wildman–Crippen MR) is 120 cm³/mol. The van der Waals surface area contributed by atoms with Gasteiger partial charge in [0.25, 0.3) is 0 Å². The molecule has 0 saturated heterocycles. The molecule has 0 spiro atoms. The van der Waals surface area contributed by atoms with Gasteiger partial charge in [0.2, 0.25) is 0 Å². The van der Waals surface area contributed by atoms with Crippen molar-refractivity contribution >= 4 is 0 Å². The molecule has 3 aromatic rings. The number of hydrogen-bond donors (Lipinski definition) is 2. The number of hydrogen-bond acceptors (Lipinski definition) is 5. The van der Waals surface area contributed by atoms with Gasteiger partial charge in [-0.15, -0.1) is 0 Å². The molecule has 2 N–H and O–H groups in total. The summed E-state index contributed by atoms with van der Waals surface area (Å²) in [5, 5.41) is 9.35. The highest BCUT2D eigenvalue weighted by molar-refractivity contribution is 5.58. The average Bonchev–Trinajstić information content (AvgIpc) is 2.83. The van der Waals surface area contributed by atoms with E-state index in [2.05, 4.69) is 58.3 Å². The zero-order valence-corrected chi connectivity index (χ0v) is 17.6. The molecule has 4 rings (SSSR count). The fourth-order valence-corrected chi connectivity index (χ4v) is 3.95. The third-order valence-corrected chi connectivity index (χ3v) is 5.85. The standard InChI is InChI=1S/C25H27N3O3/c1-19(20-8-10-21(11-9-20)23-12-15-26-24(30)27-23)28-16-14-25(31-18-28,13-5-17-29)22-6-3-2-4-7-22/h2-4,6-12,14-16,19,29H,5,13,17-18H2,1H3,(H,26,27,30)/t19-,25?/m0/s1. The molecular formula is C25H27N3O3. The highest BCUT2D eigenvalue weighted by Crippen LogP contribution is 2.37. The van der Waals surface area contributed by atoms with Crippen LogP contribution >= 0.6 is 0 Å². The molecule has 0 saturated carbocycles. The Kier molecular flexibility index (Phi) is 6.30. The van der Waals surface area contributed by atoms with Crippen LogP contribution in [0.15, 0.2) is 83.9 Å². The molecule has 0 aliphatic carbocycles. The number of aliphatic hydroxyl groups is 1. The second-order valence-electron chi connectivity index (χ2n) is 7.77. The first-order valence-corrected chi connectivity index (χ1v) is 10.5. The van der Waals surface area contributed by atoms with Crippen LogP contribution in [0.5, 0.6) is 0 Å². The van der Waals surface area contributed by atoms with E-state index in [0.717, 1.165) is 28.8 Å². The van der Waals surface area contributed by atoms with Crippen LogP contribution in [-0.2, 0) is 10.3 Å². The number of aliphatic hydroxyl groups excluding tert-OH is 1. The van der Waals surface area contributed by atoms with Crippen molar-refractivity contribution in [1.82, 2.24) is 14.9 Å². The summed E-state index contributed by atoms with van der Waals surface area (Å²) in [6.07, 6.45) is 7.12. The Bertz CT molecular complexity index is 1080. The van der Waals surface area contributed by atoms with Gasteiger partial charge in [-0.05, 0) is 48.6 Å². The van der Waals surface area contributed by atoms with E-state index in [1.54, 1.807) is 6.07 Å². The zero-order chi connectivity index (χ0) is 21.7. The SMILES string of the molecule is C[C@@H](c1ccc(-c2ccnc(=O)[nH]2)cc1)N1C=CC(CCCO)(c2ccccc2)OC1. The molecule has 2 heterocycles. The first-order chi connectivity index (χ1) is 15.1. The van der Waals surface area contributed by atoms with E-state index in [1.165, 1.54) is 6.20 Å². The lowest BCUT2D eigenvalue weighted by atomic mass is 9.88. The zero-order valence-electron chi connectivity index (χ0n) is 17.6. The normalized spacial score (nSPS) is 19.4. The van der Waals surface area contributed by atoms with Gasteiger partial charge in [0, 0.05) is 19.0 Å². The van der Waals surface area contributed by atoms with Crippen LogP contribution in [-0.4, -0.2) is 33.3 Å². The van der Waals surface area contributed by atoms with E-state index in [4.69, 9.17) is 4.74 Å². The molecule has 1 unspecified atom stereocenters. The molecule has 2 atom stereocenters. The van der Waals surface area contributed by atoms with Gasteiger partial charge in [-0.25, -0.2) is 9.78 Å². The highest BCUT2D eigenvalue weighted by Gasteiger charge is 2.34. The van der Waals surface area contributed by atoms with Gasteiger partial charge in [0.15, 0.2) is 0 Å². The van der Waals surface area contributed by atoms with Crippen molar-refractivity contribution in [1.29, 1.82) is 0 Å². The van der Waals surface area contributed by atoms with E-state index in [-0.39, 0.29) is 18.3 Å². The van der Waals surface area contributed by atoms with E-state index >= 15 is 0 Å². The fourth-order valence-electron chi connectivity index (χ4n) is 3.95. The van der Waals surface area contributed by atoms with Crippen LogP contribution in [0.2, 0.25) is 0 Å². The van der Waals surface area contributed by atoms with Gasteiger partial charge in [0.1, 0.15) is 12.3 Å².